The van der Waals surface area contributed by atoms with Crippen LogP contribution in [-0.4, -0.2) is 5.11 Å². The first kappa shape index (κ1) is 20.1. The fourth-order valence-electron chi connectivity index (χ4n) is 4.23. The molecule has 0 atom stereocenters. The molecule has 0 aliphatic heterocycles. The molecule has 0 aliphatic carbocycles. The molecule has 5 rings (SSSR count). The van der Waals surface area contributed by atoms with E-state index in [4.69, 9.17) is 11.6 Å². The molecule has 0 saturated carbocycles. The lowest BCUT2D eigenvalue weighted by Gasteiger charge is -2.23. The Morgan fingerprint density at radius 2 is 0.625 bits per heavy atom. The average Bonchev–Trinajstić information content (AvgIpc) is 2.87. The summed E-state index contributed by atoms with van der Waals surface area (Å²) in [7, 11) is 0. The van der Waals surface area contributed by atoms with Crippen molar-refractivity contribution in [2.75, 3.05) is 0 Å². The Morgan fingerprint density at radius 1 is 0.375 bits per heavy atom. The van der Waals surface area contributed by atoms with Crippen LogP contribution < -0.4 is 0 Å². The maximum Gasteiger partial charge on any atom is 0.132 e. The highest BCUT2D eigenvalue weighted by Crippen LogP contribution is 2.53. The highest BCUT2D eigenvalue weighted by molar-refractivity contribution is 6.38. The molecule has 154 valence electrons. The highest BCUT2D eigenvalue weighted by atomic mass is 35.5. The molecule has 1 N–H and O–H groups in total. The number of aromatic hydroxyl groups is 1. The summed E-state index contributed by atoms with van der Waals surface area (Å²) in [6.07, 6.45) is 0. The van der Waals surface area contributed by atoms with E-state index < -0.39 is 0 Å². The molecule has 0 fully saturated rings. The Bertz CT molecular complexity index is 1130. The second kappa shape index (κ2) is 8.74. The van der Waals surface area contributed by atoms with Gasteiger partial charge in [-0.3, -0.25) is 0 Å². The first-order chi connectivity index (χ1) is 15.8. The molecule has 0 amide bonds. The molecular weight excluding hydrogens is 412 g/mol. The monoisotopic (exact) mass is 432 g/mol. The van der Waals surface area contributed by atoms with Gasteiger partial charge in [0.1, 0.15) is 5.75 Å². The van der Waals surface area contributed by atoms with Gasteiger partial charge in [-0.1, -0.05) is 133 Å². The van der Waals surface area contributed by atoms with Crippen LogP contribution in [0.1, 0.15) is 0 Å². The Labute approximate surface area is 193 Å². The van der Waals surface area contributed by atoms with Crippen molar-refractivity contribution in [1.82, 2.24) is 0 Å². The molecule has 0 saturated heterocycles. The number of rotatable bonds is 4. The van der Waals surface area contributed by atoms with Gasteiger partial charge in [0.2, 0.25) is 0 Å². The van der Waals surface area contributed by atoms with Crippen LogP contribution in [0.2, 0.25) is 5.02 Å². The number of hydrogen-bond donors (Lipinski definition) is 1. The molecule has 5 aromatic carbocycles. The average molecular weight is 433 g/mol. The predicted octanol–water partition coefficient (Wildman–Crippen LogP) is 8.71. The largest absolute Gasteiger partial charge is 0.507 e. The highest BCUT2D eigenvalue weighted by Gasteiger charge is 2.26. The molecule has 0 unspecified atom stereocenters. The lowest BCUT2D eigenvalue weighted by atomic mass is 9.84. The number of phenols is 1. The number of halogens is 1. The zero-order valence-corrected chi connectivity index (χ0v) is 18.1. The van der Waals surface area contributed by atoms with Gasteiger partial charge in [0.05, 0.1) is 5.02 Å². The van der Waals surface area contributed by atoms with Gasteiger partial charge < -0.3 is 5.11 Å². The Morgan fingerprint density at radius 3 is 0.906 bits per heavy atom. The molecule has 0 heterocycles. The Balaban J connectivity index is 1.97. The third-order valence-corrected chi connectivity index (χ3v) is 6.04. The van der Waals surface area contributed by atoms with E-state index in [0.29, 0.717) is 5.02 Å². The van der Waals surface area contributed by atoms with Crippen molar-refractivity contribution in [3.8, 4) is 50.3 Å². The second-order valence-corrected chi connectivity index (χ2v) is 8.00. The van der Waals surface area contributed by atoms with Crippen LogP contribution >= 0.6 is 11.6 Å². The maximum absolute atomic E-state index is 11.8. The molecule has 0 bridgehead atoms. The summed E-state index contributed by atoms with van der Waals surface area (Å²) in [5.74, 6) is 0.226. The SMILES string of the molecule is Oc1c(-c2ccccc2)c(-c2ccccc2)c(Cl)c(-c2ccccc2)c1-c1ccccc1. The van der Waals surface area contributed by atoms with Crippen LogP contribution in [0.15, 0.2) is 121 Å². The zero-order valence-electron chi connectivity index (χ0n) is 17.4. The van der Waals surface area contributed by atoms with Crippen molar-refractivity contribution in [3.63, 3.8) is 0 Å². The van der Waals surface area contributed by atoms with Gasteiger partial charge in [0.15, 0.2) is 0 Å². The zero-order chi connectivity index (χ0) is 21.9. The lowest BCUT2D eigenvalue weighted by Crippen LogP contribution is -1.96. The van der Waals surface area contributed by atoms with Crippen molar-refractivity contribution >= 4 is 11.6 Å². The lowest BCUT2D eigenvalue weighted by molar-refractivity contribution is 0.480. The second-order valence-electron chi connectivity index (χ2n) is 7.63. The van der Waals surface area contributed by atoms with Gasteiger partial charge in [-0.25, -0.2) is 0 Å². The van der Waals surface area contributed by atoms with Crippen LogP contribution in [0.5, 0.6) is 5.75 Å². The minimum Gasteiger partial charge on any atom is -0.507 e. The number of phenolic OH excluding ortho intramolecular Hbond substituents is 1. The van der Waals surface area contributed by atoms with Crippen LogP contribution in [-0.2, 0) is 0 Å². The van der Waals surface area contributed by atoms with E-state index in [2.05, 4.69) is 0 Å². The van der Waals surface area contributed by atoms with Gasteiger partial charge in [-0.2, -0.15) is 0 Å². The normalized spacial score (nSPS) is 10.8. The minimum atomic E-state index is 0.226. The van der Waals surface area contributed by atoms with E-state index in [1.54, 1.807) is 0 Å². The molecule has 0 aromatic heterocycles. The van der Waals surface area contributed by atoms with Crippen molar-refractivity contribution in [2.45, 2.75) is 0 Å². The molecular formula is C30H21ClO. The summed E-state index contributed by atoms with van der Waals surface area (Å²) in [4.78, 5) is 0. The third-order valence-electron chi connectivity index (χ3n) is 5.66. The number of benzene rings is 5. The maximum atomic E-state index is 11.8. The molecule has 32 heavy (non-hydrogen) atoms. The summed E-state index contributed by atoms with van der Waals surface area (Å²) in [6.45, 7) is 0. The molecule has 0 radical (unpaired) electrons. The fourth-order valence-corrected chi connectivity index (χ4v) is 4.64. The van der Waals surface area contributed by atoms with E-state index in [9.17, 15) is 5.11 Å². The molecule has 0 spiro atoms. The predicted molar refractivity (Wildman–Crippen MR) is 135 cm³/mol. The summed E-state index contributed by atoms with van der Waals surface area (Å²) >= 11 is 7.25. The van der Waals surface area contributed by atoms with Crippen LogP contribution in [0.3, 0.4) is 0 Å². The van der Waals surface area contributed by atoms with E-state index in [1.807, 2.05) is 121 Å². The van der Waals surface area contributed by atoms with E-state index >= 15 is 0 Å². The number of hydrogen-bond acceptors (Lipinski definition) is 1. The van der Waals surface area contributed by atoms with Crippen LogP contribution in [0.4, 0.5) is 0 Å². The first-order valence-corrected chi connectivity index (χ1v) is 10.9. The molecule has 0 aliphatic rings. The minimum absolute atomic E-state index is 0.226. The van der Waals surface area contributed by atoms with Gasteiger partial charge in [-0.05, 0) is 22.3 Å². The van der Waals surface area contributed by atoms with Crippen molar-refractivity contribution in [2.24, 2.45) is 0 Å². The summed E-state index contributed by atoms with van der Waals surface area (Å²) in [6, 6.07) is 39.9. The van der Waals surface area contributed by atoms with Crippen molar-refractivity contribution < 1.29 is 5.11 Å². The van der Waals surface area contributed by atoms with Crippen LogP contribution in [0, 0.1) is 0 Å². The van der Waals surface area contributed by atoms with Crippen molar-refractivity contribution in [1.29, 1.82) is 0 Å². The topological polar surface area (TPSA) is 20.2 Å². The van der Waals surface area contributed by atoms with Gasteiger partial charge in [0, 0.05) is 22.3 Å². The van der Waals surface area contributed by atoms with Gasteiger partial charge in [0.25, 0.3) is 0 Å². The van der Waals surface area contributed by atoms with Gasteiger partial charge >= 0.3 is 0 Å². The third kappa shape index (κ3) is 3.57. The van der Waals surface area contributed by atoms with Gasteiger partial charge in [-0.15, -0.1) is 0 Å². The quantitative estimate of drug-likeness (QED) is 0.301. The van der Waals surface area contributed by atoms with E-state index in [0.717, 1.165) is 44.5 Å². The smallest absolute Gasteiger partial charge is 0.132 e. The summed E-state index contributed by atoms with van der Waals surface area (Å²) < 4.78 is 0. The molecule has 2 heteroatoms. The Kier molecular flexibility index (Phi) is 5.49. The molecule has 1 nitrogen and oxygen atoms in total. The fraction of sp³-hybridized carbons (Fsp3) is 0. The van der Waals surface area contributed by atoms with E-state index in [-0.39, 0.29) is 5.75 Å². The van der Waals surface area contributed by atoms with Crippen LogP contribution in [0.25, 0.3) is 44.5 Å². The Hall–Kier alpha value is -3.81. The summed E-state index contributed by atoms with van der Waals surface area (Å²) in [5, 5.41) is 12.5. The first-order valence-electron chi connectivity index (χ1n) is 10.6. The summed E-state index contributed by atoms with van der Waals surface area (Å²) in [5.41, 5.74) is 6.89. The molecule has 5 aromatic rings. The van der Waals surface area contributed by atoms with E-state index in [1.165, 1.54) is 0 Å². The standard InChI is InChI=1S/C30H21ClO/c31-29-25(21-13-5-1-6-14-21)27(23-17-9-3-10-18-23)30(32)28(24-19-11-4-12-20-24)26(29)22-15-7-2-8-16-22/h1-20,32H. The van der Waals surface area contributed by atoms with Crippen molar-refractivity contribution in [3.05, 3.63) is 126 Å².